The van der Waals surface area contributed by atoms with Crippen LogP contribution in [-0.2, 0) is 11.3 Å². The summed E-state index contributed by atoms with van der Waals surface area (Å²) in [6.45, 7) is 1.78. The normalized spacial score (nSPS) is 12.3. The zero-order valence-electron chi connectivity index (χ0n) is 9.03. The largest absolute Gasteiger partial charge is 0.367 e. The molecule has 2 aromatic heterocycles. The first kappa shape index (κ1) is 11.0. The van der Waals surface area contributed by atoms with Gasteiger partial charge < -0.3 is 11.1 Å². The van der Waals surface area contributed by atoms with Gasteiger partial charge in [-0.05, 0) is 6.92 Å². The number of nitrogens with one attached hydrogen (secondary N) is 2. The summed E-state index contributed by atoms with van der Waals surface area (Å²) in [4.78, 5) is 15.3. The van der Waals surface area contributed by atoms with Gasteiger partial charge in [0.25, 0.3) is 0 Å². The van der Waals surface area contributed by atoms with Crippen LogP contribution in [-0.4, -0.2) is 41.3 Å². The van der Waals surface area contributed by atoms with E-state index in [4.69, 9.17) is 5.73 Å². The minimum absolute atomic E-state index is 0.0341. The first-order chi connectivity index (χ1) is 8.15. The lowest BCUT2D eigenvalue weighted by Gasteiger charge is -2.09. The molecule has 0 saturated heterocycles. The molecule has 0 spiro atoms. The van der Waals surface area contributed by atoms with Crippen LogP contribution in [0.25, 0.3) is 0 Å². The van der Waals surface area contributed by atoms with Crippen LogP contribution in [0, 0.1) is 0 Å². The molecule has 2 heterocycles. The highest BCUT2D eigenvalue weighted by Crippen LogP contribution is 2.02. The molecular formula is C7H11N9O. The average molecular weight is 237 g/mol. The highest BCUT2D eigenvalue weighted by molar-refractivity contribution is 5.75. The van der Waals surface area contributed by atoms with E-state index in [1.165, 1.54) is 11.0 Å². The first-order valence-corrected chi connectivity index (χ1v) is 4.83. The summed E-state index contributed by atoms with van der Waals surface area (Å²) < 4.78 is 1.34. The van der Waals surface area contributed by atoms with E-state index in [-0.39, 0.29) is 24.4 Å². The molecule has 0 saturated carbocycles. The van der Waals surface area contributed by atoms with E-state index < -0.39 is 0 Å². The first-order valence-electron chi connectivity index (χ1n) is 4.83. The smallest absolute Gasteiger partial charge is 0.242 e. The number of aromatic nitrogens is 7. The van der Waals surface area contributed by atoms with Crippen LogP contribution in [0.4, 0.5) is 5.95 Å². The van der Waals surface area contributed by atoms with Gasteiger partial charge in [-0.3, -0.25) is 4.79 Å². The highest BCUT2D eigenvalue weighted by Gasteiger charge is 2.13. The Morgan fingerprint density at radius 1 is 1.71 bits per heavy atom. The topological polar surface area (TPSA) is 140 Å². The molecule has 1 amide bonds. The Kier molecular flexibility index (Phi) is 2.94. The van der Waals surface area contributed by atoms with Crippen LogP contribution >= 0.6 is 0 Å². The standard InChI is InChI=1S/C7H11N9O/c1-4(6-11-14-15-12-6)10-5(17)2-16-3-9-7(8)13-16/h3-4H,2H2,1H3,(H2,8,13)(H,10,17)(H,11,12,14,15). The molecule has 0 aliphatic heterocycles. The van der Waals surface area contributed by atoms with Crippen molar-refractivity contribution < 1.29 is 4.79 Å². The Labute approximate surface area is 95.6 Å². The molecule has 17 heavy (non-hydrogen) atoms. The maximum Gasteiger partial charge on any atom is 0.242 e. The predicted octanol–water partition coefficient (Wildman–Crippen LogP) is -1.75. The Hall–Kier alpha value is -2.52. The summed E-state index contributed by atoms with van der Waals surface area (Å²) in [5.74, 6) is 0.299. The molecular weight excluding hydrogens is 226 g/mol. The van der Waals surface area contributed by atoms with Crippen molar-refractivity contribution in [2.45, 2.75) is 19.5 Å². The molecule has 90 valence electrons. The van der Waals surface area contributed by atoms with E-state index in [1.54, 1.807) is 6.92 Å². The van der Waals surface area contributed by atoms with E-state index in [9.17, 15) is 4.79 Å². The number of carbonyl (C=O) groups is 1. The maximum atomic E-state index is 11.6. The number of amides is 1. The SMILES string of the molecule is CC(NC(=O)Cn1cnc(N)n1)c1nn[nH]n1. The quantitative estimate of drug-likeness (QED) is 0.572. The fourth-order valence-corrected chi connectivity index (χ4v) is 1.24. The second-order valence-electron chi connectivity index (χ2n) is 3.36. The highest BCUT2D eigenvalue weighted by atomic mass is 16.2. The summed E-state index contributed by atoms with van der Waals surface area (Å²) >= 11 is 0. The third-order valence-corrected chi connectivity index (χ3v) is 1.99. The van der Waals surface area contributed by atoms with Crippen molar-refractivity contribution in [3.8, 4) is 0 Å². The third-order valence-electron chi connectivity index (χ3n) is 1.99. The Bertz CT molecular complexity index is 489. The minimum Gasteiger partial charge on any atom is -0.367 e. The number of hydrogen-bond acceptors (Lipinski definition) is 7. The minimum atomic E-state index is -0.331. The molecule has 0 radical (unpaired) electrons. The van der Waals surface area contributed by atoms with Gasteiger partial charge in [-0.1, -0.05) is 5.21 Å². The molecule has 0 bridgehead atoms. The summed E-state index contributed by atoms with van der Waals surface area (Å²) in [6, 6.07) is -0.331. The number of hydrogen-bond donors (Lipinski definition) is 3. The van der Waals surface area contributed by atoms with Crippen molar-refractivity contribution in [3.05, 3.63) is 12.2 Å². The summed E-state index contributed by atoms with van der Waals surface area (Å²) in [6.07, 6.45) is 1.38. The second kappa shape index (κ2) is 4.55. The van der Waals surface area contributed by atoms with Crippen LogP contribution in [0.5, 0.6) is 0 Å². The molecule has 0 aliphatic rings. The third kappa shape index (κ3) is 2.74. The van der Waals surface area contributed by atoms with Crippen molar-refractivity contribution >= 4 is 11.9 Å². The van der Waals surface area contributed by atoms with Gasteiger partial charge in [0.05, 0.1) is 6.04 Å². The molecule has 2 rings (SSSR count). The lowest BCUT2D eigenvalue weighted by molar-refractivity contribution is -0.122. The monoisotopic (exact) mass is 237 g/mol. The van der Waals surface area contributed by atoms with Gasteiger partial charge >= 0.3 is 0 Å². The number of rotatable bonds is 4. The van der Waals surface area contributed by atoms with Gasteiger partial charge in [0.2, 0.25) is 11.9 Å². The van der Waals surface area contributed by atoms with E-state index in [1.807, 2.05) is 0 Å². The van der Waals surface area contributed by atoms with Crippen LogP contribution in [0.1, 0.15) is 18.8 Å². The molecule has 1 unspecified atom stereocenters. The molecule has 10 nitrogen and oxygen atoms in total. The van der Waals surface area contributed by atoms with Gasteiger partial charge in [0, 0.05) is 0 Å². The Morgan fingerprint density at radius 3 is 3.12 bits per heavy atom. The van der Waals surface area contributed by atoms with Gasteiger partial charge in [0.15, 0.2) is 5.82 Å². The lowest BCUT2D eigenvalue weighted by Crippen LogP contribution is -2.30. The fourth-order valence-electron chi connectivity index (χ4n) is 1.24. The van der Waals surface area contributed by atoms with E-state index in [0.717, 1.165) is 0 Å². The number of aromatic amines is 1. The average Bonchev–Trinajstić information content (AvgIpc) is 2.89. The maximum absolute atomic E-state index is 11.6. The molecule has 10 heteroatoms. The molecule has 4 N–H and O–H groups in total. The zero-order valence-corrected chi connectivity index (χ0v) is 9.03. The number of nitrogens with zero attached hydrogens (tertiary/aromatic N) is 6. The van der Waals surface area contributed by atoms with Crippen LogP contribution in [0.15, 0.2) is 6.33 Å². The molecule has 2 aromatic rings. The van der Waals surface area contributed by atoms with Crippen LogP contribution in [0.3, 0.4) is 0 Å². The fraction of sp³-hybridized carbons (Fsp3) is 0.429. The van der Waals surface area contributed by atoms with Crippen LogP contribution in [0.2, 0.25) is 0 Å². The Morgan fingerprint density at radius 2 is 2.53 bits per heavy atom. The molecule has 1 atom stereocenters. The van der Waals surface area contributed by atoms with E-state index in [2.05, 4.69) is 36.0 Å². The summed E-state index contributed by atoms with van der Waals surface area (Å²) in [5, 5.41) is 19.7. The number of carbonyl (C=O) groups excluding carboxylic acids is 1. The number of nitrogen functional groups attached to an aromatic ring is 1. The van der Waals surface area contributed by atoms with Gasteiger partial charge in [-0.2, -0.15) is 5.21 Å². The van der Waals surface area contributed by atoms with Gasteiger partial charge in [-0.25, -0.2) is 9.67 Å². The van der Waals surface area contributed by atoms with E-state index in [0.29, 0.717) is 5.82 Å². The number of nitrogens with two attached hydrogens (primary N) is 1. The van der Waals surface area contributed by atoms with Gasteiger partial charge in [-0.15, -0.1) is 15.3 Å². The van der Waals surface area contributed by atoms with Crippen molar-refractivity contribution in [3.63, 3.8) is 0 Å². The molecule has 0 aliphatic carbocycles. The zero-order chi connectivity index (χ0) is 12.3. The summed E-state index contributed by atoms with van der Waals surface area (Å²) in [7, 11) is 0. The molecule has 0 aromatic carbocycles. The lowest BCUT2D eigenvalue weighted by atomic mass is 10.3. The predicted molar refractivity (Wildman–Crippen MR) is 55.2 cm³/mol. The molecule has 0 fully saturated rings. The number of tetrazole rings is 1. The number of anilines is 1. The van der Waals surface area contributed by atoms with Crippen molar-refractivity contribution in [1.29, 1.82) is 0 Å². The van der Waals surface area contributed by atoms with Crippen molar-refractivity contribution in [2.24, 2.45) is 0 Å². The second-order valence-corrected chi connectivity index (χ2v) is 3.36. The van der Waals surface area contributed by atoms with Crippen molar-refractivity contribution in [1.82, 2.24) is 40.7 Å². The van der Waals surface area contributed by atoms with Crippen LogP contribution < -0.4 is 11.1 Å². The number of H-pyrrole nitrogens is 1. The Balaban J connectivity index is 1.89. The van der Waals surface area contributed by atoms with Crippen molar-refractivity contribution in [2.75, 3.05) is 5.73 Å². The van der Waals surface area contributed by atoms with E-state index >= 15 is 0 Å². The summed E-state index contributed by atoms with van der Waals surface area (Å²) in [5.41, 5.74) is 5.33. The van der Waals surface area contributed by atoms with Gasteiger partial charge in [0.1, 0.15) is 12.9 Å².